The van der Waals surface area contributed by atoms with Crippen LogP contribution in [0.4, 0.5) is 0 Å². The van der Waals surface area contributed by atoms with Crippen LogP contribution in [0.3, 0.4) is 0 Å². The molecule has 1 atom stereocenters. The maximum Gasteiger partial charge on any atom is 0.329 e. The van der Waals surface area contributed by atoms with Gasteiger partial charge in [0.1, 0.15) is 13.2 Å². The number of carboxylic acid groups (broad SMARTS) is 1. The molecule has 1 heterocycles. The lowest BCUT2D eigenvalue weighted by Gasteiger charge is -2.24. The van der Waals surface area contributed by atoms with Gasteiger partial charge >= 0.3 is 5.97 Å². The molecule has 0 saturated carbocycles. The van der Waals surface area contributed by atoms with Crippen molar-refractivity contribution in [2.75, 3.05) is 26.4 Å². The molecule has 1 aliphatic heterocycles. The first-order valence-corrected chi connectivity index (χ1v) is 5.85. The molecule has 0 aromatic rings. The van der Waals surface area contributed by atoms with Gasteiger partial charge in [0.15, 0.2) is 0 Å². The molecule has 0 radical (unpaired) electrons. The molecule has 17 heavy (non-hydrogen) atoms. The summed E-state index contributed by atoms with van der Waals surface area (Å²) in [4.78, 5) is 23.7. The number of aliphatic carboxylic acids is 1. The third-order valence-electron chi connectivity index (χ3n) is 2.84. The minimum absolute atomic E-state index is 0.133. The molecule has 1 fully saturated rings. The van der Waals surface area contributed by atoms with Crippen molar-refractivity contribution in [3.63, 3.8) is 0 Å². The van der Waals surface area contributed by atoms with Crippen molar-refractivity contribution < 1.29 is 24.5 Å². The van der Waals surface area contributed by atoms with E-state index in [1.807, 2.05) is 0 Å². The highest BCUT2D eigenvalue weighted by Gasteiger charge is 2.27. The summed E-state index contributed by atoms with van der Waals surface area (Å²) in [6, 6.07) is 0.170. The third kappa shape index (κ3) is 4.70. The van der Waals surface area contributed by atoms with E-state index in [1.165, 1.54) is 0 Å². The second kappa shape index (κ2) is 7.24. The molecule has 1 amide bonds. The topological polar surface area (TPSA) is 87.1 Å². The Morgan fingerprint density at radius 3 is 2.76 bits per heavy atom. The SMILES string of the molecule is O=C(O)COCC(=O)N1CCCC1CCCO. The molecular weight excluding hydrogens is 226 g/mol. The smallest absolute Gasteiger partial charge is 0.329 e. The first-order chi connectivity index (χ1) is 8.15. The zero-order valence-corrected chi connectivity index (χ0v) is 9.80. The monoisotopic (exact) mass is 245 g/mol. The number of nitrogens with zero attached hydrogens (tertiary/aromatic N) is 1. The fraction of sp³-hybridized carbons (Fsp3) is 0.818. The number of aliphatic hydroxyl groups excluding tert-OH is 1. The maximum atomic E-state index is 11.7. The number of likely N-dealkylation sites (tertiary alicyclic amines) is 1. The quantitative estimate of drug-likeness (QED) is 0.651. The van der Waals surface area contributed by atoms with E-state index in [0.717, 1.165) is 19.3 Å². The van der Waals surface area contributed by atoms with Gasteiger partial charge in [0.25, 0.3) is 0 Å². The van der Waals surface area contributed by atoms with Crippen molar-refractivity contribution in [2.24, 2.45) is 0 Å². The van der Waals surface area contributed by atoms with Crippen LogP contribution >= 0.6 is 0 Å². The number of carboxylic acids is 1. The van der Waals surface area contributed by atoms with Crippen LogP contribution in [0.5, 0.6) is 0 Å². The largest absolute Gasteiger partial charge is 0.480 e. The summed E-state index contributed by atoms with van der Waals surface area (Å²) in [5.74, 6) is -1.23. The second-order valence-electron chi connectivity index (χ2n) is 4.14. The molecule has 0 aliphatic carbocycles. The van der Waals surface area contributed by atoms with Gasteiger partial charge in [-0.25, -0.2) is 4.79 Å². The first-order valence-electron chi connectivity index (χ1n) is 5.85. The number of carbonyl (C=O) groups is 2. The van der Waals surface area contributed by atoms with Gasteiger partial charge in [0.05, 0.1) is 0 Å². The number of rotatable bonds is 7. The minimum Gasteiger partial charge on any atom is -0.480 e. The normalized spacial score (nSPS) is 19.6. The number of hydrogen-bond acceptors (Lipinski definition) is 4. The van der Waals surface area contributed by atoms with Gasteiger partial charge in [0.2, 0.25) is 5.91 Å². The second-order valence-corrected chi connectivity index (χ2v) is 4.14. The molecule has 0 aromatic heterocycles. The molecule has 0 aromatic carbocycles. The third-order valence-corrected chi connectivity index (χ3v) is 2.84. The van der Waals surface area contributed by atoms with Gasteiger partial charge in [-0.3, -0.25) is 4.79 Å². The Kier molecular flexibility index (Phi) is 5.93. The molecule has 1 unspecified atom stereocenters. The summed E-state index contributed by atoms with van der Waals surface area (Å²) in [5, 5.41) is 17.1. The zero-order chi connectivity index (χ0) is 12.7. The van der Waals surface area contributed by atoms with Crippen molar-refractivity contribution in [3.05, 3.63) is 0 Å². The molecule has 1 rings (SSSR count). The van der Waals surface area contributed by atoms with Crippen molar-refractivity contribution >= 4 is 11.9 Å². The number of amides is 1. The number of hydrogen-bond donors (Lipinski definition) is 2. The van der Waals surface area contributed by atoms with Crippen molar-refractivity contribution in [1.82, 2.24) is 4.90 Å². The average molecular weight is 245 g/mol. The summed E-state index contributed by atoms with van der Waals surface area (Å²) in [6.45, 7) is 0.211. The lowest BCUT2D eigenvalue weighted by Crippen LogP contribution is -2.38. The van der Waals surface area contributed by atoms with Crippen LogP contribution < -0.4 is 0 Å². The highest BCUT2D eigenvalue weighted by molar-refractivity contribution is 5.78. The van der Waals surface area contributed by atoms with Crippen LogP contribution in [0.25, 0.3) is 0 Å². The summed E-state index contributed by atoms with van der Waals surface area (Å²) >= 11 is 0. The van der Waals surface area contributed by atoms with Crippen molar-refractivity contribution in [3.8, 4) is 0 Å². The molecule has 0 bridgehead atoms. The van der Waals surface area contributed by atoms with E-state index < -0.39 is 12.6 Å². The van der Waals surface area contributed by atoms with E-state index in [4.69, 9.17) is 14.9 Å². The summed E-state index contributed by atoms with van der Waals surface area (Å²) in [5.41, 5.74) is 0. The van der Waals surface area contributed by atoms with E-state index in [0.29, 0.717) is 13.0 Å². The van der Waals surface area contributed by atoms with Crippen molar-refractivity contribution in [2.45, 2.75) is 31.7 Å². The van der Waals surface area contributed by atoms with Crippen LogP contribution in [-0.2, 0) is 14.3 Å². The highest BCUT2D eigenvalue weighted by atomic mass is 16.5. The minimum atomic E-state index is -1.07. The molecule has 0 spiro atoms. The van der Waals surface area contributed by atoms with E-state index in [-0.39, 0.29) is 25.2 Å². The highest BCUT2D eigenvalue weighted by Crippen LogP contribution is 2.21. The molecule has 1 saturated heterocycles. The maximum absolute atomic E-state index is 11.7. The van der Waals surface area contributed by atoms with Crippen LogP contribution in [0.1, 0.15) is 25.7 Å². The standard InChI is InChI=1S/C11H19NO5/c13-6-2-4-9-3-1-5-12(9)10(14)7-17-8-11(15)16/h9,13H,1-8H2,(H,15,16). The molecule has 98 valence electrons. The van der Waals surface area contributed by atoms with Crippen LogP contribution in [-0.4, -0.2) is 59.4 Å². The van der Waals surface area contributed by atoms with Gasteiger partial charge in [-0.05, 0) is 25.7 Å². The van der Waals surface area contributed by atoms with Gasteiger partial charge in [-0.1, -0.05) is 0 Å². The van der Waals surface area contributed by atoms with Crippen LogP contribution in [0, 0.1) is 0 Å². The van der Waals surface area contributed by atoms with Gasteiger partial charge in [0, 0.05) is 19.2 Å². The fourth-order valence-electron chi connectivity index (χ4n) is 2.10. The Labute approximate surface area is 100 Å². The number of carbonyl (C=O) groups excluding carboxylic acids is 1. The van der Waals surface area contributed by atoms with E-state index in [9.17, 15) is 9.59 Å². The summed E-state index contributed by atoms with van der Waals surface area (Å²) in [7, 11) is 0. The molecule has 2 N–H and O–H groups in total. The Balaban J connectivity index is 2.31. The van der Waals surface area contributed by atoms with E-state index >= 15 is 0 Å². The lowest BCUT2D eigenvalue weighted by atomic mass is 10.1. The van der Waals surface area contributed by atoms with Gasteiger partial charge in [-0.2, -0.15) is 0 Å². The molecule has 6 nitrogen and oxygen atoms in total. The molecule has 6 heteroatoms. The number of aliphatic hydroxyl groups is 1. The Bertz CT molecular complexity index is 269. The van der Waals surface area contributed by atoms with Gasteiger partial charge < -0.3 is 19.8 Å². The predicted octanol–water partition coefficient (Wildman–Crippen LogP) is -0.149. The molecular formula is C11H19NO5. The Hall–Kier alpha value is -1.14. The summed E-state index contributed by atoms with van der Waals surface area (Å²) in [6.07, 6.45) is 3.39. The van der Waals surface area contributed by atoms with E-state index in [1.54, 1.807) is 4.90 Å². The Morgan fingerprint density at radius 1 is 1.35 bits per heavy atom. The summed E-state index contributed by atoms with van der Waals surface area (Å²) < 4.78 is 4.78. The fourth-order valence-corrected chi connectivity index (χ4v) is 2.10. The molecule has 1 aliphatic rings. The average Bonchev–Trinajstić information content (AvgIpc) is 2.73. The Morgan fingerprint density at radius 2 is 2.12 bits per heavy atom. The number of ether oxygens (including phenoxy) is 1. The van der Waals surface area contributed by atoms with Gasteiger partial charge in [-0.15, -0.1) is 0 Å². The lowest BCUT2D eigenvalue weighted by molar-refractivity contribution is -0.146. The first kappa shape index (κ1) is 13.9. The van der Waals surface area contributed by atoms with Crippen LogP contribution in [0.2, 0.25) is 0 Å². The van der Waals surface area contributed by atoms with E-state index in [2.05, 4.69) is 0 Å². The predicted molar refractivity (Wildman–Crippen MR) is 59.5 cm³/mol. The van der Waals surface area contributed by atoms with Crippen LogP contribution in [0.15, 0.2) is 0 Å². The van der Waals surface area contributed by atoms with Crippen molar-refractivity contribution in [1.29, 1.82) is 0 Å². The zero-order valence-electron chi connectivity index (χ0n) is 9.80.